The molecule has 0 fully saturated rings. The van der Waals surface area contributed by atoms with Crippen LogP contribution in [0.4, 0.5) is 17.6 Å². The Morgan fingerprint density at radius 3 is 2.88 bits per heavy atom. The number of carbonyl (C=O) groups is 1. The van der Waals surface area contributed by atoms with E-state index in [0.717, 1.165) is 24.9 Å². The summed E-state index contributed by atoms with van der Waals surface area (Å²) in [7, 11) is 0. The van der Waals surface area contributed by atoms with Crippen molar-refractivity contribution in [3.05, 3.63) is 33.6 Å². The number of unbranched alkanes of at least 4 members (excludes halogenated alkanes) is 1. The second-order valence-corrected chi connectivity index (χ2v) is 6.55. The molecule has 2 aromatic heterocycles. The van der Waals surface area contributed by atoms with Crippen molar-refractivity contribution in [2.45, 2.75) is 32.7 Å². The minimum Gasteiger partial charge on any atom is -0.383 e. The summed E-state index contributed by atoms with van der Waals surface area (Å²) >= 11 is 11.8. The van der Waals surface area contributed by atoms with Crippen LogP contribution in [0.1, 0.15) is 30.9 Å². The number of pyridine rings is 1. The second kappa shape index (κ2) is 7.41. The zero-order chi connectivity index (χ0) is 18.0. The molecule has 7 nitrogen and oxygen atoms in total. The smallest absolute Gasteiger partial charge is 0.233 e. The van der Waals surface area contributed by atoms with Gasteiger partial charge in [0, 0.05) is 18.3 Å². The fourth-order valence-corrected chi connectivity index (χ4v) is 2.89. The molecule has 0 unspecified atom stereocenters. The highest BCUT2D eigenvalue weighted by Gasteiger charge is 2.32. The maximum atomic E-state index is 12.4. The summed E-state index contributed by atoms with van der Waals surface area (Å²) < 4.78 is 0. The fourth-order valence-electron chi connectivity index (χ4n) is 2.60. The number of hydrogen-bond acceptors (Lipinski definition) is 6. The Labute approximate surface area is 155 Å². The van der Waals surface area contributed by atoms with Crippen molar-refractivity contribution in [2.75, 3.05) is 22.5 Å². The number of halogens is 2. The van der Waals surface area contributed by atoms with E-state index >= 15 is 0 Å². The van der Waals surface area contributed by atoms with Gasteiger partial charge >= 0.3 is 0 Å². The molecule has 0 aromatic carbocycles. The Kier molecular flexibility index (Phi) is 5.24. The van der Waals surface area contributed by atoms with E-state index in [9.17, 15) is 4.79 Å². The number of nitrogens with zero attached hydrogens (tertiary/aromatic N) is 4. The highest BCUT2D eigenvalue weighted by atomic mass is 35.5. The topological polar surface area (TPSA) is 97.0 Å². The summed E-state index contributed by atoms with van der Waals surface area (Å²) in [5, 5.41) is 3.71. The zero-order valence-corrected chi connectivity index (χ0v) is 15.2. The standard InChI is InChI=1S/C16H18Cl2N6O/c1-2-3-4-20-16-22-14(19)10-6-12(25)24(15(10)23-16)8-9-5-11(17)13(18)21-7-9/h5,7H,2-4,6,8H2,1H3,(H3,19,20,22,23). The van der Waals surface area contributed by atoms with E-state index in [2.05, 4.69) is 27.2 Å². The lowest BCUT2D eigenvalue weighted by Crippen LogP contribution is -2.27. The predicted octanol–water partition coefficient (Wildman–Crippen LogP) is 3.06. The van der Waals surface area contributed by atoms with E-state index < -0.39 is 0 Å². The number of nitrogens with one attached hydrogen (secondary N) is 1. The first kappa shape index (κ1) is 17.7. The molecule has 0 atom stereocenters. The van der Waals surface area contributed by atoms with Crippen LogP contribution < -0.4 is 16.0 Å². The molecule has 0 spiro atoms. The minimum absolute atomic E-state index is 0.0900. The SMILES string of the molecule is CCCCNc1nc(N)c2c(n1)N(Cc1cnc(Cl)c(Cl)c1)C(=O)C2. The van der Waals surface area contributed by atoms with Gasteiger partial charge in [-0.2, -0.15) is 9.97 Å². The van der Waals surface area contributed by atoms with Crippen LogP contribution in [0, 0.1) is 0 Å². The molecule has 1 aliphatic rings. The number of hydrogen-bond donors (Lipinski definition) is 2. The Hall–Kier alpha value is -2.12. The minimum atomic E-state index is -0.0900. The molecule has 0 bridgehead atoms. The summed E-state index contributed by atoms with van der Waals surface area (Å²) in [4.78, 5) is 26.7. The lowest BCUT2D eigenvalue weighted by molar-refractivity contribution is -0.117. The Balaban J connectivity index is 1.87. The second-order valence-electron chi connectivity index (χ2n) is 5.79. The van der Waals surface area contributed by atoms with E-state index in [0.29, 0.717) is 34.7 Å². The molecule has 0 saturated carbocycles. The predicted molar refractivity (Wildman–Crippen MR) is 99.0 cm³/mol. The Morgan fingerprint density at radius 1 is 1.36 bits per heavy atom. The average Bonchev–Trinajstić information content (AvgIpc) is 2.88. The molecule has 1 amide bonds. The molecule has 3 heterocycles. The first-order chi connectivity index (χ1) is 12.0. The third kappa shape index (κ3) is 3.77. The van der Waals surface area contributed by atoms with Crippen molar-refractivity contribution < 1.29 is 4.79 Å². The molecule has 3 rings (SSSR count). The van der Waals surface area contributed by atoms with Crippen molar-refractivity contribution in [3.63, 3.8) is 0 Å². The van der Waals surface area contributed by atoms with Gasteiger partial charge in [-0.1, -0.05) is 36.5 Å². The van der Waals surface area contributed by atoms with Crippen LogP contribution in [0.5, 0.6) is 0 Å². The molecule has 9 heteroatoms. The van der Waals surface area contributed by atoms with Crippen molar-refractivity contribution in [2.24, 2.45) is 0 Å². The number of carbonyl (C=O) groups excluding carboxylic acids is 1. The number of fused-ring (bicyclic) bond motifs is 1. The van der Waals surface area contributed by atoms with Crippen LogP contribution >= 0.6 is 23.2 Å². The van der Waals surface area contributed by atoms with E-state index in [1.54, 1.807) is 17.2 Å². The third-order valence-corrected chi connectivity index (χ3v) is 4.60. The molecule has 0 aliphatic carbocycles. The van der Waals surface area contributed by atoms with Crippen LogP contribution in [0.15, 0.2) is 12.3 Å². The maximum Gasteiger partial charge on any atom is 0.233 e. The fraction of sp³-hybridized carbons (Fsp3) is 0.375. The van der Waals surface area contributed by atoms with E-state index in [1.807, 2.05) is 0 Å². The van der Waals surface area contributed by atoms with Gasteiger partial charge in [0.1, 0.15) is 16.8 Å². The molecule has 25 heavy (non-hydrogen) atoms. The van der Waals surface area contributed by atoms with E-state index in [1.165, 1.54) is 0 Å². The average molecular weight is 381 g/mol. The largest absolute Gasteiger partial charge is 0.383 e. The van der Waals surface area contributed by atoms with Crippen LogP contribution in [0.2, 0.25) is 10.2 Å². The first-order valence-corrected chi connectivity index (χ1v) is 8.75. The van der Waals surface area contributed by atoms with Gasteiger partial charge in [-0.25, -0.2) is 4.98 Å². The zero-order valence-electron chi connectivity index (χ0n) is 13.7. The highest BCUT2D eigenvalue weighted by molar-refractivity contribution is 6.41. The lowest BCUT2D eigenvalue weighted by atomic mass is 10.2. The number of nitrogen functional groups attached to an aromatic ring is 1. The van der Waals surface area contributed by atoms with Crippen LogP contribution in [-0.2, 0) is 17.8 Å². The summed E-state index contributed by atoms with van der Waals surface area (Å²) in [6.07, 6.45) is 3.83. The van der Waals surface area contributed by atoms with Gasteiger partial charge < -0.3 is 11.1 Å². The summed E-state index contributed by atoms with van der Waals surface area (Å²) in [5.74, 6) is 1.19. The van der Waals surface area contributed by atoms with Crippen molar-refractivity contribution in [1.29, 1.82) is 0 Å². The molecule has 1 aliphatic heterocycles. The van der Waals surface area contributed by atoms with Gasteiger partial charge in [0.05, 0.1) is 18.0 Å². The number of nitrogens with two attached hydrogens (primary N) is 1. The van der Waals surface area contributed by atoms with Gasteiger partial charge in [-0.15, -0.1) is 0 Å². The third-order valence-electron chi connectivity index (χ3n) is 3.91. The molecular weight excluding hydrogens is 363 g/mol. The maximum absolute atomic E-state index is 12.4. The van der Waals surface area contributed by atoms with Gasteiger partial charge in [0.25, 0.3) is 0 Å². The Morgan fingerprint density at radius 2 is 2.16 bits per heavy atom. The molecule has 0 saturated heterocycles. The number of amides is 1. The van der Waals surface area contributed by atoms with Crippen molar-refractivity contribution >= 4 is 46.7 Å². The molecule has 3 N–H and O–H groups in total. The van der Waals surface area contributed by atoms with Crippen LogP contribution in [-0.4, -0.2) is 27.4 Å². The summed E-state index contributed by atoms with van der Waals surface area (Å²) in [6, 6.07) is 1.69. The molecule has 2 aromatic rings. The van der Waals surface area contributed by atoms with Crippen molar-refractivity contribution in [1.82, 2.24) is 15.0 Å². The first-order valence-electron chi connectivity index (χ1n) is 8.00. The highest BCUT2D eigenvalue weighted by Crippen LogP contribution is 2.33. The van der Waals surface area contributed by atoms with E-state index in [4.69, 9.17) is 28.9 Å². The van der Waals surface area contributed by atoms with Gasteiger partial charge in [-0.3, -0.25) is 9.69 Å². The number of aromatic nitrogens is 3. The lowest BCUT2D eigenvalue weighted by Gasteiger charge is -2.17. The van der Waals surface area contributed by atoms with Crippen LogP contribution in [0.3, 0.4) is 0 Å². The van der Waals surface area contributed by atoms with Crippen molar-refractivity contribution in [3.8, 4) is 0 Å². The Bertz CT molecular complexity index is 813. The summed E-state index contributed by atoms with van der Waals surface area (Å²) in [6.45, 7) is 3.14. The number of anilines is 3. The molecular formula is C16H18Cl2N6O. The number of rotatable bonds is 6. The molecule has 0 radical (unpaired) electrons. The monoisotopic (exact) mass is 380 g/mol. The summed E-state index contributed by atoms with van der Waals surface area (Å²) in [5.41, 5.74) is 7.43. The van der Waals surface area contributed by atoms with Crippen LogP contribution in [0.25, 0.3) is 0 Å². The van der Waals surface area contributed by atoms with Gasteiger partial charge in [0.2, 0.25) is 11.9 Å². The molecule has 132 valence electrons. The normalized spacial score (nSPS) is 13.2. The quantitative estimate of drug-likeness (QED) is 0.590. The van der Waals surface area contributed by atoms with E-state index in [-0.39, 0.29) is 17.5 Å². The van der Waals surface area contributed by atoms with Gasteiger partial charge in [-0.05, 0) is 18.1 Å². The van der Waals surface area contributed by atoms with Gasteiger partial charge in [0.15, 0.2) is 0 Å².